The van der Waals surface area contributed by atoms with Gasteiger partial charge < -0.3 is 5.11 Å². The molecule has 0 saturated heterocycles. The fourth-order valence-electron chi connectivity index (χ4n) is 1.90. The highest BCUT2D eigenvalue weighted by molar-refractivity contribution is 5.99. The van der Waals surface area contributed by atoms with Crippen LogP contribution in [0.3, 0.4) is 0 Å². The zero-order chi connectivity index (χ0) is 16.8. The van der Waals surface area contributed by atoms with Gasteiger partial charge in [-0.15, -0.1) is 0 Å². The van der Waals surface area contributed by atoms with Gasteiger partial charge in [-0.3, -0.25) is 14.9 Å². The standard InChI is InChI=1S/C16H15N3O4/c1-11(13-8-5-9-14(10-13)19(22)23)17-18-16(21)15(20)12-6-3-2-4-7-12/h2-10,15,20H,1H3,(H,18,21)/b17-11-/t15-/m0/s1. The molecular weight excluding hydrogens is 298 g/mol. The molecule has 1 amide bonds. The summed E-state index contributed by atoms with van der Waals surface area (Å²) in [6.07, 6.45) is -1.34. The first-order valence-corrected chi connectivity index (χ1v) is 6.81. The molecule has 7 nitrogen and oxygen atoms in total. The van der Waals surface area contributed by atoms with Crippen molar-refractivity contribution in [3.63, 3.8) is 0 Å². The maximum absolute atomic E-state index is 11.9. The number of nitro groups is 1. The van der Waals surface area contributed by atoms with E-state index in [-0.39, 0.29) is 5.69 Å². The molecule has 0 fully saturated rings. The number of aliphatic hydroxyl groups is 1. The van der Waals surface area contributed by atoms with Gasteiger partial charge in [-0.1, -0.05) is 42.5 Å². The second-order valence-electron chi connectivity index (χ2n) is 4.79. The summed E-state index contributed by atoms with van der Waals surface area (Å²) < 4.78 is 0. The highest BCUT2D eigenvalue weighted by Gasteiger charge is 2.16. The number of nitro benzene ring substituents is 1. The van der Waals surface area contributed by atoms with Crippen molar-refractivity contribution in [2.24, 2.45) is 5.10 Å². The molecule has 0 unspecified atom stereocenters. The fourth-order valence-corrected chi connectivity index (χ4v) is 1.90. The van der Waals surface area contributed by atoms with Crippen LogP contribution in [0.5, 0.6) is 0 Å². The third-order valence-corrected chi connectivity index (χ3v) is 3.17. The number of nitrogens with one attached hydrogen (secondary N) is 1. The molecule has 0 aliphatic heterocycles. The Morgan fingerprint density at radius 3 is 2.57 bits per heavy atom. The average Bonchev–Trinajstić information content (AvgIpc) is 2.59. The summed E-state index contributed by atoms with van der Waals surface area (Å²) in [5.74, 6) is -0.680. The molecule has 0 bridgehead atoms. The van der Waals surface area contributed by atoms with Gasteiger partial charge in [0.1, 0.15) is 0 Å². The highest BCUT2D eigenvalue weighted by atomic mass is 16.6. The van der Waals surface area contributed by atoms with Gasteiger partial charge in [0, 0.05) is 17.7 Å². The van der Waals surface area contributed by atoms with E-state index in [0.717, 1.165) is 0 Å². The second-order valence-corrected chi connectivity index (χ2v) is 4.79. The van der Waals surface area contributed by atoms with E-state index >= 15 is 0 Å². The van der Waals surface area contributed by atoms with Crippen molar-refractivity contribution >= 4 is 17.3 Å². The number of carbonyl (C=O) groups excluding carboxylic acids is 1. The molecule has 2 aromatic rings. The minimum absolute atomic E-state index is 0.0623. The molecule has 2 rings (SSSR count). The lowest BCUT2D eigenvalue weighted by Gasteiger charge is -2.09. The molecule has 0 aliphatic carbocycles. The van der Waals surface area contributed by atoms with Gasteiger partial charge >= 0.3 is 0 Å². The molecule has 2 aromatic carbocycles. The highest BCUT2D eigenvalue weighted by Crippen LogP contribution is 2.14. The molecule has 0 aliphatic rings. The average molecular weight is 313 g/mol. The second kappa shape index (κ2) is 7.28. The SMILES string of the molecule is C/C(=N/NC(=O)[C@@H](O)c1ccccc1)c1cccc([N+](=O)[O-])c1. The van der Waals surface area contributed by atoms with E-state index in [1.807, 2.05) is 0 Å². The Hall–Kier alpha value is -3.06. The van der Waals surface area contributed by atoms with E-state index < -0.39 is 16.9 Å². The normalized spacial score (nSPS) is 12.5. The van der Waals surface area contributed by atoms with Crippen LogP contribution in [0.4, 0.5) is 5.69 Å². The Bertz CT molecular complexity index is 744. The van der Waals surface area contributed by atoms with Gasteiger partial charge in [0.2, 0.25) is 0 Å². The Morgan fingerprint density at radius 1 is 1.22 bits per heavy atom. The maximum Gasteiger partial charge on any atom is 0.273 e. The molecule has 2 N–H and O–H groups in total. The zero-order valence-corrected chi connectivity index (χ0v) is 12.3. The fraction of sp³-hybridized carbons (Fsp3) is 0.125. The minimum Gasteiger partial charge on any atom is -0.378 e. The first kappa shape index (κ1) is 16.3. The first-order valence-electron chi connectivity index (χ1n) is 6.81. The molecule has 7 heteroatoms. The van der Waals surface area contributed by atoms with Crippen molar-refractivity contribution in [3.8, 4) is 0 Å². The van der Waals surface area contributed by atoms with Gasteiger partial charge in [-0.05, 0) is 12.5 Å². The molecule has 0 aromatic heterocycles. The lowest BCUT2D eigenvalue weighted by molar-refractivity contribution is -0.384. The Kier molecular flexibility index (Phi) is 5.16. The van der Waals surface area contributed by atoms with Crippen molar-refractivity contribution in [1.82, 2.24) is 5.43 Å². The molecule has 0 saturated carbocycles. The minimum atomic E-state index is -1.34. The van der Waals surface area contributed by atoms with Crippen LogP contribution in [0.1, 0.15) is 24.2 Å². The number of rotatable bonds is 5. The topological polar surface area (TPSA) is 105 Å². The van der Waals surface area contributed by atoms with Gasteiger partial charge in [0.15, 0.2) is 6.10 Å². The van der Waals surface area contributed by atoms with Crippen LogP contribution < -0.4 is 5.43 Å². The van der Waals surface area contributed by atoms with Gasteiger partial charge in [-0.2, -0.15) is 5.10 Å². The Labute approximate surface area is 132 Å². The predicted octanol–water partition coefficient (Wildman–Crippen LogP) is 2.17. The van der Waals surface area contributed by atoms with E-state index in [0.29, 0.717) is 16.8 Å². The third-order valence-electron chi connectivity index (χ3n) is 3.17. The van der Waals surface area contributed by atoms with Crippen molar-refractivity contribution < 1.29 is 14.8 Å². The quantitative estimate of drug-likeness (QED) is 0.501. The van der Waals surface area contributed by atoms with Crippen molar-refractivity contribution in [1.29, 1.82) is 0 Å². The summed E-state index contributed by atoms with van der Waals surface area (Å²) in [7, 11) is 0. The summed E-state index contributed by atoms with van der Waals surface area (Å²) in [5.41, 5.74) is 3.55. The molecule has 118 valence electrons. The molecule has 1 atom stereocenters. The summed E-state index contributed by atoms with van der Waals surface area (Å²) in [6.45, 7) is 1.61. The Balaban J connectivity index is 2.08. The smallest absolute Gasteiger partial charge is 0.273 e. The number of aliphatic hydroxyl groups excluding tert-OH is 1. The number of hydrogen-bond donors (Lipinski definition) is 2. The number of non-ortho nitro benzene ring substituents is 1. The van der Waals surface area contributed by atoms with Crippen LogP contribution in [-0.2, 0) is 4.79 Å². The molecule has 0 heterocycles. The summed E-state index contributed by atoms with van der Waals surface area (Å²) in [5, 5.41) is 24.5. The van der Waals surface area contributed by atoms with E-state index in [1.165, 1.54) is 18.2 Å². The number of nitrogens with zero attached hydrogens (tertiary/aromatic N) is 2. The van der Waals surface area contributed by atoms with Crippen LogP contribution in [-0.4, -0.2) is 21.6 Å². The first-order chi connectivity index (χ1) is 11.0. The third kappa shape index (κ3) is 4.21. The zero-order valence-electron chi connectivity index (χ0n) is 12.3. The summed E-state index contributed by atoms with van der Waals surface area (Å²) >= 11 is 0. The molecular formula is C16H15N3O4. The van der Waals surface area contributed by atoms with Crippen LogP contribution in [0.2, 0.25) is 0 Å². The van der Waals surface area contributed by atoms with Gasteiger partial charge in [0.25, 0.3) is 11.6 Å². The molecule has 0 radical (unpaired) electrons. The molecule has 23 heavy (non-hydrogen) atoms. The van der Waals surface area contributed by atoms with E-state index in [1.54, 1.807) is 43.3 Å². The van der Waals surface area contributed by atoms with Crippen molar-refractivity contribution in [3.05, 3.63) is 75.8 Å². The number of hydrazone groups is 1. The van der Waals surface area contributed by atoms with Crippen molar-refractivity contribution in [2.45, 2.75) is 13.0 Å². The van der Waals surface area contributed by atoms with Crippen LogP contribution in [0.15, 0.2) is 59.7 Å². The van der Waals surface area contributed by atoms with E-state index in [2.05, 4.69) is 10.5 Å². The lowest BCUT2D eigenvalue weighted by Crippen LogP contribution is -2.26. The van der Waals surface area contributed by atoms with Gasteiger partial charge in [0.05, 0.1) is 10.6 Å². The number of benzene rings is 2. The summed E-state index contributed by atoms with van der Waals surface area (Å²) in [4.78, 5) is 22.1. The largest absolute Gasteiger partial charge is 0.378 e. The predicted molar refractivity (Wildman–Crippen MR) is 84.9 cm³/mol. The summed E-state index contributed by atoms with van der Waals surface area (Å²) in [6, 6.07) is 14.4. The van der Waals surface area contributed by atoms with Crippen molar-refractivity contribution in [2.75, 3.05) is 0 Å². The lowest BCUT2D eigenvalue weighted by atomic mass is 10.1. The number of amides is 1. The maximum atomic E-state index is 11.9. The van der Waals surface area contributed by atoms with E-state index in [9.17, 15) is 20.0 Å². The number of carbonyl (C=O) groups is 1. The number of hydrogen-bond acceptors (Lipinski definition) is 5. The van der Waals surface area contributed by atoms with Crippen LogP contribution in [0, 0.1) is 10.1 Å². The van der Waals surface area contributed by atoms with Gasteiger partial charge in [-0.25, -0.2) is 5.43 Å². The molecule has 0 spiro atoms. The van der Waals surface area contributed by atoms with Crippen LogP contribution in [0.25, 0.3) is 0 Å². The van der Waals surface area contributed by atoms with E-state index in [4.69, 9.17) is 0 Å². The van der Waals surface area contributed by atoms with Crippen LogP contribution >= 0.6 is 0 Å². The monoisotopic (exact) mass is 313 g/mol. The Morgan fingerprint density at radius 2 is 1.91 bits per heavy atom.